The number of nitrogens with one attached hydrogen (secondary N) is 1. The van der Waals surface area contributed by atoms with Crippen LogP contribution in [0.5, 0.6) is 0 Å². The Morgan fingerprint density at radius 2 is 1.91 bits per heavy atom. The molecule has 22 heavy (non-hydrogen) atoms. The second-order valence-electron chi connectivity index (χ2n) is 5.18. The Balaban J connectivity index is 1.88. The van der Waals surface area contributed by atoms with Gasteiger partial charge in [0.1, 0.15) is 5.52 Å². The molecule has 0 aliphatic heterocycles. The lowest BCUT2D eigenvalue weighted by molar-refractivity contribution is 0.768. The summed E-state index contributed by atoms with van der Waals surface area (Å²) in [5.74, 6) is 0. The van der Waals surface area contributed by atoms with Crippen molar-refractivity contribution in [3.05, 3.63) is 49.1 Å². The molecule has 108 valence electrons. The van der Waals surface area contributed by atoms with Gasteiger partial charge in [0, 0.05) is 36.3 Å². The first kappa shape index (κ1) is 12.6. The van der Waals surface area contributed by atoms with Gasteiger partial charge in [0.25, 0.3) is 0 Å². The van der Waals surface area contributed by atoms with Crippen LogP contribution >= 0.6 is 0 Å². The molecule has 3 N–H and O–H groups in total. The molecule has 0 spiro atoms. The van der Waals surface area contributed by atoms with E-state index in [-0.39, 0.29) is 0 Å². The number of hydrogen-bond acceptors (Lipinski definition) is 4. The van der Waals surface area contributed by atoms with Crippen LogP contribution in [0.4, 0.5) is 5.69 Å². The second kappa shape index (κ2) is 4.70. The van der Waals surface area contributed by atoms with Gasteiger partial charge in [-0.25, -0.2) is 9.97 Å². The molecular weight excluding hydrogens is 276 g/mol. The molecule has 0 saturated heterocycles. The lowest BCUT2D eigenvalue weighted by Gasteiger charge is -2.01. The number of benzene rings is 1. The van der Waals surface area contributed by atoms with Crippen LogP contribution in [-0.4, -0.2) is 24.7 Å². The fraction of sp³-hybridized carbons (Fsp3) is 0.0625. The third-order valence-electron chi connectivity index (χ3n) is 3.60. The summed E-state index contributed by atoms with van der Waals surface area (Å²) in [5.41, 5.74) is 11.9. The van der Waals surface area contributed by atoms with Crippen LogP contribution < -0.4 is 5.73 Å². The largest absolute Gasteiger partial charge is 0.399 e. The zero-order valence-electron chi connectivity index (χ0n) is 12.0. The maximum atomic E-state index is 5.75. The molecule has 0 radical (unpaired) electrons. The van der Waals surface area contributed by atoms with Crippen LogP contribution in [0.25, 0.3) is 33.5 Å². The molecule has 6 heteroatoms. The van der Waals surface area contributed by atoms with Crippen molar-refractivity contribution in [3.63, 3.8) is 0 Å². The van der Waals surface area contributed by atoms with E-state index in [1.165, 1.54) is 0 Å². The Morgan fingerprint density at radius 1 is 1.09 bits per heavy atom. The van der Waals surface area contributed by atoms with Crippen molar-refractivity contribution in [2.24, 2.45) is 7.05 Å². The molecule has 0 atom stereocenters. The topological polar surface area (TPSA) is 85.4 Å². The molecule has 0 bridgehead atoms. The summed E-state index contributed by atoms with van der Waals surface area (Å²) in [6.45, 7) is 0. The van der Waals surface area contributed by atoms with Crippen molar-refractivity contribution >= 4 is 16.9 Å². The van der Waals surface area contributed by atoms with Crippen molar-refractivity contribution in [2.45, 2.75) is 0 Å². The number of aromatic amines is 1. The van der Waals surface area contributed by atoms with E-state index in [9.17, 15) is 0 Å². The van der Waals surface area contributed by atoms with Crippen molar-refractivity contribution in [1.29, 1.82) is 0 Å². The second-order valence-corrected chi connectivity index (χ2v) is 5.18. The molecule has 0 fully saturated rings. The quantitative estimate of drug-likeness (QED) is 0.556. The van der Waals surface area contributed by atoms with Gasteiger partial charge >= 0.3 is 0 Å². The van der Waals surface area contributed by atoms with Crippen LogP contribution in [0.2, 0.25) is 0 Å². The predicted octanol–water partition coefficient (Wildman–Crippen LogP) is 2.61. The monoisotopic (exact) mass is 290 g/mol. The number of aryl methyl sites for hydroxylation is 1. The van der Waals surface area contributed by atoms with Gasteiger partial charge in [-0.3, -0.25) is 4.68 Å². The van der Waals surface area contributed by atoms with Crippen LogP contribution in [0.3, 0.4) is 0 Å². The summed E-state index contributed by atoms with van der Waals surface area (Å²) in [6.07, 6.45) is 7.38. The van der Waals surface area contributed by atoms with Gasteiger partial charge in [0.2, 0.25) is 0 Å². The van der Waals surface area contributed by atoms with Crippen LogP contribution in [0.1, 0.15) is 0 Å². The molecular formula is C16H14N6. The van der Waals surface area contributed by atoms with E-state index in [1.54, 1.807) is 17.1 Å². The summed E-state index contributed by atoms with van der Waals surface area (Å²) >= 11 is 0. The molecule has 0 aliphatic carbocycles. The average molecular weight is 290 g/mol. The highest BCUT2D eigenvalue weighted by Crippen LogP contribution is 2.28. The zero-order chi connectivity index (χ0) is 15.1. The molecule has 0 amide bonds. The number of aromatic nitrogens is 5. The number of nitrogens with zero attached hydrogens (tertiary/aromatic N) is 4. The van der Waals surface area contributed by atoms with Gasteiger partial charge in [-0.05, 0) is 17.7 Å². The van der Waals surface area contributed by atoms with Gasteiger partial charge in [-0.1, -0.05) is 12.1 Å². The number of H-pyrrole nitrogens is 1. The zero-order valence-corrected chi connectivity index (χ0v) is 12.0. The van der Waals surface area contributed by atoms with Crippen molar-refractivity contribution < 1.29 is 0 Å². The minimum Gasteiger partial charge on any atom is -0.399 e. The third kappa shape index (κ3) is 2.01. The first-order valence-corrected chi connectivity index (χ1v) is 6.90. The number of nitrogen functional groups attached to an aromatic ring is 1. The maximum Gasteiger partial charge on any atom is 0.156 e. The molecule has 6 nitrogen and oxygen atoms in total. The fourth-order valence-corrected chi connectivity index (χ4v) is 2.47. The first-order chi connectivity index (χ1) is 10.7. The lowest BCUT2D eigenvalue weighted by Crippen LogP contribution is -1.88. The molecule has 1 aromatic carbocycles. The van der Waals surface area contributed by atoms with E-state index in [4.69, 9.17) is 10.7 Å². The van der Waals surface area contributed by atoms with Crippen molar-refractivity contribution in [1.82, 2.24) is 24.7 Å². The summed E-state index contributed by atoms with van der Waals surface area (Å²) in [7, 11) is 1.88. The molecule has 4 rings (SSSR count). The Morgan fingerprint density at radius 3 is 2.64 bits per heavy atom. The number of hydrogen-bond donors (Lipinski definition) is 2. The molecule has 3 heterocycles. The van der Waals surface area contributed by atoms with E-state index < -0.39 is 0 Å². The average Bonchev–Trinajstić information content (AvgIpc) is 3.14. The molecule has 0 aliphatic rings. The van der Waals surface area contributed by atoms with Crippen molar-refractivity contribution in [3.8, 4) is 22.4 Å². The Bertz CT molecular complexity index is 948. The van der Waals surface area contributed by atoms with Gasteiger partial charge in [0.05, 0.1) is 18.1 Å². The van der Waals surface area contributed by atoms with Gasteiger partial charge in [-0.2, -0.15) is 5.10 Å². The molecule has 3 aromatic heterocycles. The van der Waals surface area contributed by atoms with E-state index in [1.807, 2.05) is 43.7 Å². The normalized spacial score (nSPS) is 11.1. The summed E-state index contributed by atoms with van der Waals surface area (Å²) in [4.78, 5) is 12.3. The van der Waals surface area contributed by atoms with Crippen LogP contribution in [0.15, 0.2) is 49.1 Å². The Kier molecular flexibility index (Phi) is 2.69. The van der Waals surface area contributed by atoms with E-state index in [2.05, 4.69) is 15.1 Å². The number of anilines is 1. The molecule has 0 unspecified atom stereocenters. The van der Waals surface area contributed by atoms with Gasteiger partial charge < -0.3 is 10.7 Å². The fourth-order valence-electron chi connectivity index (χ4n) is 2.47. The minimum absolute atomic E-state index is 0.741. The van der Waals surface area contributed by atoms with E-state index in [0.717, 1.165) is 39.2 Å². The first-order valence-electron chi connectivity index (χ1n) is 6.90. The summed E-state index contributed by atoms with van der Waals surface area (Å²) in [6, 6.07) is 7.73. The van der Waals surface area contributed by atoms with Crippen LogP contribution in [-0.2, 0) is 7.05 Å². The smallest absolute Gasteiger partial charge is 0.156 e. The Hall–Kier alpha value is -3.15. The highest BCUT2D eigenvalue weighted by atomic mass is 15.2. The van der Waals surface area contributed by atoms with E-state index >= 15 is 0 Å². The van der Waals surface area contributed by atoms with Gasteiger partial charge in [-0.15, -0.1) is 0 Å². The SMILES string of the molecule is Cn1cc(-c2cnc3[nH]cc(-c4ccc(N)cc4)c3n2)cn1. The number of fused-ring (bicyclic) bond motifs is 1. The summed E-state index contributed by atoms with van der Waals surface area (Å²) in [5, 5.41) is 4.18. The molecule has 0 saturated carbocycles. The van der Waals surface area contributed by atoms with Crippen molar-refractivity contribution in [2.75, 3.05) is 5.73 Å². The standard InChI is InChI=1S/C16H14N6/c1-22-9-11(6-20-22)14-8-19-16-15(21-14)13(7-18-16)10-2-4-12(17)5-3-10/h2-9H,17H2,1H3,(H,18,19). The van der Waals surface area contributed by atoms with E-state index in [0.29, 0.717) is 0 Å². The predicted molar refractivity (Wildman–Crippen MR) is 85.9 cm³/mol. The lowest BCUT2D eigenvalue weighted by atomic mass is 10.1. The highest BCUT2D eigenvalue weighted by Gasteiger charge is 2.11. The maximum absolute atomic E-state index is 5.75. The Labute approximate surface area is 126 Å². The summed E-state index contributed by atoms with van der Waals surface area (Å²) < 4.78 is 1.75. The van der Waals surface area contributed by atoms with Crippen LogP contribution in [0, 0.1) is 0 Å². The highest BCUT2D eigenvalue weighted by molar-refractivity contribution is 5.91. The van der Waals surface area contributed by atoms with Gasteiger partial charge in [0.15, 0.2) is 5.65 Å². The number of rotatable bonds is 2. The minimum atomic E-state index is 0.741. The molecule has 4 aromatic rings. The third-order valence-corrected chi connectivity index (χ3v) is 3.60. The number of nitrogens with two attached hydrogens (primary N) is 1.